The molecule has 0 N–H and O–H groups in total. The molecule has 66 valence electrons. The van der Waals surface area contributed by atoms with E-state index in [1.165, 1.54) is 7.11 Å². The second-order valence-electron chi connectivity index (χ2n) is 3.17. The molecule has 0 saturated carbocycles. The van der Waals surface area contributed by atoms with Crippen molar-refractivity contribution in [2.75, 3.05) is 7.11 Å². The van der Waals surface area contributed by atoms with Gasteiger partial charge >= 0.3 is 5.97 Å². The summed E-state index contributed by atoms with van der Waals surface area (Å²) in [6.45, 7) is 5.79. The second-order valence-corrected chi connectivity index (χ2v) is 3.17. The Bertz CT molecular complexity index is 228. The van der Waals surface area contributed by atoms with Crippen LogP contribution in [-0.2, 0) is 9.53 Å². The number of carbonyl (C=O) groups is 1. The Morgan fingerprint density at radius 3 is 2.83 bits per heavy atom. The van der Waals surface area contributed by atoms with Gasteiger partial charge in [-0.05, 0) is 13.3 Å². The molecule has 2 heteroatoms. The van der Waals surface area contributed by atoms with E-state index in [4.69, 9.17) is 4.74 Å². The minimum absolute atomic E-state index is 0.0347. The van der Waals surface area contributed by atoms with Crippen LogP contribution in [-0.4, -0.2) is 13.1 Å². The summed E-state index contributed by atoms with van der Waals surface area (Å²) in [5.41, 5.74) is 1.03. The van der Waals surface area contributed by atoms with Crippen molar-refractivity contribution in [3.8, 4) is 0 Å². The van der Waals surface area contributed by atoms with E-state index in [1.807, 2.05) is 19.1 Å². The maximum absolute atomic E-state index is 11.2. The highest BCUT2D eigenvalue weighted by atomic mass is 16.5. The third-order valence-corrected chi connectivity index (χ3v) is 2.24. The summed E-state index contributed by atoms with van der Waals surface area (Å²) >= 11 is 0. The quantitative estimate of drug-likeness (QED) is 0.463. The van der Waals surface area contributed by atoms with Crippen LogP contribution in [0.15, 0.2) is 24.3 Å². The largest absolute Gasteiger partial charge is 0.469 e. The van der Waals surface area contributed by atoms with Crippen LogP contribution >= 0.6 is 0 Å². The highest BCUT2D eigenvalue weighted by Crippen LogP contribution is 2.30. The van der Waals surface area contributed by atoms with Crippen molar-refractivity contribution < 1.29 is 9.53 Å². The number of ether oxygens (including phenoxy) is 1. The Morgan fingerprint density at radius 1 is 1.67 bits per heavy atom. The maximum Gasteiger partial charge on any atom is 0.309 e. The molecule has 0 heterocycles. The number of esters is 1. The molecule has 0 radical (unpaired) electrons. The van der Waals surface area contributed by atoms with Crippen LogP contribution in [0.5, 0.6) is 0 Å². The smallest absolute Gasteiger partial charge is 0.309 e. The number of hydrogen-bond donors (Lipinski definition) is 0. The van der Waals surface area contributed by atoms with Gasteiger partial charge in [-0.25, -0.2) is 0 Å². The highest BCUT2D eigenvalue weighted by molar-refractivity contribution is 5.74. The van der Waals surface area contributed by atoms with Gasteiger partial charge in [0.1, 0.15) is 0 Å². The van der Waals surface area contributed by atoms with Crippen molar-refractivity contribution in [3.63, 3.8) is 0 Å². The standard InChI is InChI=1S/C10H14O2/c1-7(2)8-5-4-6-9(8)10(11)12-3/h4-5,8-9H,1,6H2,2-3H3/t8-,9-/m1/s1. The van der Waals surface area contributed by atoms with Crippen molar-refractivity contribution in [3.05, 3.63) is 24.3 Å². The summed E-state index contributed by atoms with van der Waals surface area (Å²) in [5, 5.41) is 0. The molecule has 0 aromatic carbocycles. The van der Waals surface area contributed by atoms with Gasteiger partial charge in [0.2, 0.25) is 0 Å². The van der Waals surface area contributed by atoms with E-state index < -0.39 is 0 Å². The van der Waals surface area contributed by atoms with Crippen LogP contribution in [0.2, 0.25) is 0 Å². The number of hydrogen-bond acceptors (Lipinski definition) is 2. The summed E-state index contributed by atoms with van der Waals surface area (Å²) in [7, 11) is 1.43. The number of methoxy groups -OCH3 is 1. The molecule has 0 aromatic heterocycles. The van der Waals surface area contributed by atoms with Crippen LogP contribution < -0.4 is 0 Å². The molecule has 2 nitrogen and oxygen atoms in total. The summed E-state index contributed by atoms with van der Waals surface area (Å²) in [6, 6.07) is 0. The van der Waals surface area contributed by atoms with Crippen molar-refractivity contribution in [1.29, 1.82) is 0 Å². The third kappa shape index (κ3) is 1.58. The van der Waals surface area contributed by atoms with E-state index in [2.05, 4.69) is 6.58 Å². The molecule has 0 aliphatic heterocycles. The summed E-state index contributed by atoms with van der Waals surface area (Å²) in [4.78, 5) is 11.2. The fraction of sp³-hybridized carbons (Fsp3) is 0.500. The Kier molecular flexibility index (Phi) is 2.69. The third-order valence-electron chi connectivity index (χ3n) is 2.24. The fourth-order valence-corrected chi connectivity index (χ4v) is 1.55. The first-order chi connectivity index (χ1) is 5.66. The van der Waals surface area contributed by atoms with Gasteiger partial charge in [-0.1, -0.05) is 24.3 Å². The average Bonchev–Trinajstić information content (AvgIpc) is 2.50. The first-order valence-electron chi connectivity index (χ1n) is 4.06. The lowest BCUT2D eigenvalue weighted by Crippen LogP contribution is -2.21. The van der Waals surface area contributed by atoms with E-state index in [-0.39, 0.29) is 17.8 Å². The second kappa shape index (κ2) is 3.57. The van der Waals surface area contributed by atoms with Gasteiger partial charge in [0.05, 0.1) is 13.0 Å². The van der Waals surface area contributed by atoms with Crippen LogP contribution in [0.1, 0.15) is 13.3 Å². The van der Waals surface area contributed by atoms with E-state index in [0.29, 0.717) is 0 Å². The zero-order valence-electron chi connectivity index (χ0n) is 7.54. The van der Waals surface area contributed by atoms with Crippen molar-refractivity contribution in [1.82, 2.24) is 0 Å². The summed E-state index contributed by atoms with van der Waals surface area (Å²) < 4.78 is 4.69. The van der Waals surface area contributed by atoms with E-state index in [1.54, 1.807) is 0 Å². The minimum atomic E-state index is -0.131. The predicted octanol–water partition coefficient (Wildman–Crippen LogP) is 1.93. The SMILES string of the molecule is C=C(C)[C@H]1C=CC[C@H]1C(=O)OC. The van der Waals surface area contributed by atoms with Crippen LogP contribution in [0, 0.1) is 11.8 Å². The first kappa shape index (κ1) is 9.04. The molecule has 1 aliphatic rings. The maximum atomic E-state index is 11.2. The van der Waals surface area contributed by atoms with Crippen molar-refractivity contribution in [2.45, 2.75) is 13.3 Å². The molecule has 0 bridgehead atoms. The molecule has 12 heavy (non-hydrogen) atoms. The molecule has 0 aromatic rings. The number of rotatable bonds is 2. The molecule has 1 rings (SSSR count). The van der Waals surface area contributed by atoms with Crippen molar-refractivity contribution >= 4 is 5.97 Å². The van der Waals surface area contributed by atoms with Gasteiger partial charge in [0.25, 0.3) is 0 Å². The van der Waals surface area contributed by atoms with E-state index in [9.17, 15) is 4.79 Å². The Balaban J connectivity index is 2.68. The molecule has 0 spiro atoms. The Morgan fingerprint density at radius 2 is 2.33 bits per heavy atom. The summed E-state index contributed by atoms with van der Waals surface area (Å²) in [5.74, 6) is 0.0120. The molecule has 0 fully saturated rings. The van der Waals surface area contributed by atoms with Crippen LogP contribution in [0.3, 0.4) is 0 Å². The lowest BCUT2D eigenvalue weighted by atomic mass is 9.90. The first-order valence-corrected chi connectivity index (χ1v) is 4.06. The Labute approximate surface area is 72.9 Å². The van der Waals surface area contributed by atoms with Gasteiger partial charge in [-0.2, -0.15) is 0 Å². The zero-order chi connectivity index (χ0) is 9.14. The van der Waals surface area contributed by atoms with Gasteiger partial charge in [0.15, 0.2) is 0 Å². The van der Waals surface area contributed by atoms with Crippen molar-refractivity contribution in [2.24, 2.45) is 11.8 Å². The van der Waals surface area contributed by atoms with Crippen LogP contribution in [0.4, 0.5) is 0 Å². The normalized spacial score (nSPS) is 27.2. The van der Waals surface area contributed by atoms with Gasteiger partial charge in [-0.3, -0.25) is 4.79 Å². The van der Waals surface area contributed by atoms with E-state index >= 15 is 0 Å². The zero-order valence-corrected chi connectivity index (χ0v) is 7.54. The molecule has 2 atom stereocenters. The fourth-order valence-electron chi connectivity index (χ4n) is 1.55. The molecule has 0 unspecified atom stereocenters. The molecule has 0 saturated heterocycles. The lowest BCUT2D eigenvalue weighted by Gasteiger charge is -2.16. The highest BCUT2D eigenvalue weighted by Gasteiger charge is 2.30. The molecule has 1 aliphatic carbocycles. The van der Waals surface area contributed by atoms with Gasteiger partial charge in [-0.15, -0.1) is 0 Å². The molecule has 0 amide bonds. The predicted molar refractivity (Wildman–Crippen MR) is 47.6 cm³/mol. The molecular formula is C10H14O2. The van der Waals surface area contributed by atoms with Gasteiger partial charge < -0.3 is 4.74 Å². The Hall–Kier alpha value is -1.05. The van der Waals surface area contributed by atoms with Gasteiger partial charge in [0, 0.05) is 5.92 Å². The average molecular weight is 166 g/mol. The molecular weight excluding hydrogens is 152 g/mol. The number of allylic oxidation sites excluding steroid dienone is 3. The number of carbonyl (C=O) groups excluding carboxylic acids is 1. The van der Waals surface area contributed by atoms with Crippen LogP contribution in [0.25, 0.3) is 0 Å². The lowest BCUT2D eigenvalue weighted by molar-refractivity contribution is -0.145. The monoisotopic (exact) mass is 166 g/mol. The summed E-state index contributed by atoms with van der Waals surface area (Å²) in [6.07, 6.45) is 4.83. The topological polar surface area (TPSA) is 26.3 Å². The minimum Gasteiger partial charge on any atom is -0.469 e. The van der Waals surface area contributed by atoms with E-state index in [0.717, 1.165) is 12.0 Å².